The summed E-state index contributed by atoms with van der Waals surface area (Å²) >= 11 is 0. The number of anilines is 1. The summed E-state index contributed by atoms with van der Waals surface area (Å²) in [5.41, 5.74) is 3.16. The molecule has 0 amide bonds. The third-order valence-corrected chi connectivity index (χ3v) is 4.21. The first-order valence-electron chi connectivity index (χ1n) is 8.25. The van der Waals surface area contributed by atoms with E-state index in [1.807, 2.05) is 25.1 Å². The number of pyridine rings is 1. The van der Waals surface area contributed by atoms with Crippen LogP contribution in [0.5, 0.6) is 5.75 Å². The van der Waals surface area contributed by atoms with Crippen molar-refractivity contribution in [3.05, 3.63) is 30.0 Å². The van der Waals surface area contributed by atoms with Gasteiger partial charge in [-0.3, -0.25) is 9.88 Å². The average Bonchev–Trinajstić information content (AvgIpc) is 2.59. The molecule has 0 bridgehead atoms. The predicted molar refractivity (Wildman–Crippen MR) is 93.4 cm³/mol. The molecule has 0 saturated carbocycles. The van der Waals surface area contributed by atoms with Crippen LogP contribution in [0.3, 0.4) is 0 Å². The van der Waals surface area contributed by atoms with Gasteiger partial charge in [0.05, 0.1) is 25.8 Å². The van der Waals surface area contributed by atoms with Crippen molar-refractivity contribution in [3.63, 3.8) is 0 Å². The van der Waals surface area contributed by atoms with Gasteiger partial charge in [0.15, 0.2) is 0 Å². The fourth-order valence-corrected chi connectivity index (χ4v) is 2.96. The van der Waals surface area contributed by atoms with Crippen LogP contribution >= 0.6 is 0 Å². The first kappa shape index (κ1) is 16.0. The zero-order valence-corrected chi connectivity index (χ0v) is 14.0. The van der Waals surface area contributed by atoms with Gasteiger partial charge in [0.25, 0.3) is 0 Å². The minimum absolute atomic E-state index is 0.861. The van der Waals surface area contributed by atoms with Gasteiger partial charge in [-0.1, -0.05) is 0 Å². The minimum atomic E-state index is 0.861. The maximum absolute atomic E-state index is 5.38. The highest BCUT2D eigenvalue weighted by molar-refractivity contribution is 5.92. The molecule has 1 aliphatic heterocycles. The second-order valence-corrected chi connectivity index (χ2v) is 5.93. The van der Waals surface area contributed by atoms with E-state index in [-0.39, 0.29) is 0 Å². The van der Waals surface area contributed by atoms with Gasteiger partial charge in [-0.25, -0.2) is 0 Å². The number of hydrogen-bond donors (Lipinski definition) is 1. The Kier molecular flexibility index (Phi) is 5.31. The largest absolute Gasteiger partial charge is 0.497 e. The number of fused-ring (bicyclic) bond motifs is 1. The summed E-state index contributed by atoms with van der Waals surface area (Å²) in [7, 11) is 1.69. The van der Waals surface area contributed by atoms with E-state index < -0.39 is 0 Å². The lowest BCUT2D eigenvalue weighted by Crippen LogP contribution is -2.37. The molecule has 0 spiro atoms. The van der Waals surface area contributed by atoms with Crippen molar-refractivity contribution < 1.29 is 9.47 Å². The molecule has 0 atom stereocenters. The molecule has 0 unspecified atom stereocenters. The Morgan fingerprint density at radius 3 is 2.87 bits per heavy atom. The van der Waals surface area contributed by atoms with Crippen LogP contribution in [-0.2, 0) is 4.74 Å². The summed E-state index contributed by atoms with van der Waals surface area (Å²) in [4.78, 5) is 7.06. The van der Waals surface area contributed by atoms with E-state index in [1.165, 1.54) is 0 Å². The van der Waals surface area contributed by atoms with Crippen molar-refractivity contribution in [3.8, 4) is 5.75 Å². The predicted octanol–water partition coefficient (Wildman–Crippen LogP) is 2.69. The lowest BCUT2D eigenvalue weighted by Gasteiger charge is -2.26. The first-order valence-corrected chi connectivity index (χ1v) is 8.25. The minimum Gasteiger partial charge on any atom is -0.497 e. The first-order chi connectivity index (χ1) is 11.3. The molecule has 5 heteroatoms. The molecule has 1 fully saturated rings. The van der Waals surface area contributed by atoms with E-state index >= 15 is 0 Å². The summed E-state index contributed by atoms with van der Waals surface area (Å²) in [6.45, 7) is 7.92. The summed E-state index contributed by atoms with van der Waals surface area (Å²) < 4.78 is 10.7. The van der Waals surface area contributed by atoms with Crippen LogP contribution in [0.1, 0.15) is 12.1 Å². The Morgan fingerprint density at radius 2 is 2.09 bits per heavy atom. The number of methoxy groups -OCH3 is 1. The summed E-state index contributed by atoms with van der Waals surface area (Å²) in [5, 5.41) is 4.68. The average molecular weight is 315 g/mol. The highest BCUT2D eigenvalue weighted by Crippen LogP contribution is 2.27. The van der Waals surface area contributed by atoms with Gasteiger partial charge >= 0.3 is 0 Å². The number of hydrogen-bond acceptors (Lipinski definition) is 5. The van der Waals surface area contributed by atoms with Crippen molar-refractivity contribution in [2.45, 2.75) is 13.3 Å². The molecular formula is C18H25N3O2. The van der Waals surface area contributed by atoms with Crippen LogP contribution in [0.15, 0.2) is 24.3 Å². The molecule has 0 aliphatic carbocycles. The van der Waals surface area contributed by atoms with Gasteiger partial charge < -0.3 is 14.8 Å². The molecule has 3 rings (SSSR count). The van der Waals surface area contributed by atoms with Crippen molar-refractivity contribution in [2.75, 3.05) is 51.8 Å². The number of benzene rings is 1. The molecule has 2 heterocycles. The van der Waals surface area contributed by atoms with Crippen molar-refractivity contribution in [1.82, 2.24) is 9.88 Å². The lowest BCUT2D eigenvalue weighted by molar-refractivity contribution is 0.0378. The van der Waals surface area contributed by atoms with Gasteiger partial charge in [0.1, 0.15) is 5.75 Å². The quantitative estimate of drug-likeness (QED) is 0.831. The molecule has 1 aromatic carbocycles. The normalized spacial score (nSPS) is 15.7. The fraction of sp³-hybridized carbons (Fsp3) is 0.500. The number of rotatable bonds is 6. The van der Waals surface area contributed by atoms with Crippen molar-refractivity contribution in [2.24, 2.45) is 0 Å². The number of morpholine rings is 1. The van der Waals surface area contributed by atoms with Gasteiger partial charge in [-0.2, -0.15) is 0 Å². The SMILES string of the molecule is COc1ccc2nc(C)cc(NCCCN3CCOCC3)c2c1. The van der Waals surface area contributed by atoms with E-state index in [0.29, 0.717) is 0 Å². The number of nitrogens with one attached hydrogen (secondary N) is 1. The monoisotopic (exact) mass is 315 g/mol. The number of ether oxygens (including phenoxy) is 2. The van der Waals surface area contributed by atoms with Gasteiger partial charge in [0.2, 0.25) is 0 Å². The maximum Gasteiger partial charge on any atom is 0.119 e. The molecule has 124 valence electrons. The van der Waals surface area contributed by atoms with E-state index in [2.05, 4.69) is 21.3 Å². The van der Waals surface area contributed by atoms with Crippen LogP contribution in [0.4, 0.5) is 5.69 Å². The number of nitrogens with zero attached hydrogens (tertiary/aromatic N) is 2. The lowest BCUT2D eigenvalue weighted by atomic mass is 10.1. The highest BCUT2D eigenvalue weighted by atomic mass is 16.5. The number of aromatic nitrogens is 1. The smallest absolute Gasteiger partial charge is 0.119 e. The molecule has 1 aromatic heterocycles. The second kappa shape index (κ2) is 7.62. The molecule has 0 radical (unpaired) electrons. The van der Waals surface area contributed by atoms with Crippen LogP contribution < -0.4 is 10.1 Å². The molecule has 1 aliphatic rings. The molecule has 1 N–H and O–H groups in total. The fourth-order valence-electron chi connectivity index (χ4n) is 2.96. The van der Waals surface area contributed by atoms with E-state index in [9.17, 15) is 0 Å². The van der Waals surface area contributed by atoms with Crippen LogP contribution in [0.2, 0.25) is 0 Å². The molecule has 1 saturated heterocycles. The zero-order chi connectivity index (χ0) is 16.1. The Bertz CT molecular complexity index is 654. The van der Waals surface area contributed by atoms with Gasteiger partial charge in [-0.15, -0.1) is 0 Å². The zero-order valence-electron chi connectivity index (χ0n) is 14.0. The number of aryl methyl sites for hydroxylation is 1. The van der Waals surface area contributed by atoms with Crippen LogP contribution in [-0.4, -0.2) is 56.4 Å². The third-order valence-electron chi connectivity index (χ3n) is 4.21. The van der Waals surface area contributed by atoms with Crippen LogP contribution in [0.25, 0.3) is 10.9 Å². The van der Waals surface area contributed by atoms with Crippen molar-refractivity contribution in [1.29, 1.82) is 0 Å². The second-order valence-electron chi connectivity index (χ2n) is 5.93. The Labute approximate surface area is 137 Å². The maximum atomic E-state index is 5.38. The van der Waals surface area contributed by atoms with Crippen LogP contribution in [0, 0.1) is 6.92 Å². The highest BCUT2D eigenvalue weighted by Gasteiger charge is 2.10. The molecule has 23 heavy (non-hydrogen) atoms. The summed E-state index contributed by atoms with van der Waals surface area (Å²) in [6.07, 6.45) is 1.12. The Hall–Kier alpha value is -1.85. The van der Waals surface area contributed by atoms with E-state index in [0.717, 1.165) is 73.8 Å². The Morgan fingerprint density at radius 1 is 1.26 bits per heavy atom. The summed E-state index contributed by atoms with van der Waals surface area (Å²) in [6, 6.07) is 8.12. The molecule has 5 nitrogen and oxygen atoms in total. The van der Waals surface area contributed by atoms with Crippen molar-refractivity contribution >= 4 is 16.6 Å². The standard InChI is InChI=1S/C18H25N3O2/c1-14-12-18(16-13-15(22-2)4-5-17(16)20-14)19-6-3-7-21-8-10-23-11-9-21/h4-5,12-13H,3,6-11H2,1-2H3,(H,19,20). The topological polar surface area (TPSA) is 46.6 Å². The molecule has 2 aromatic rings. The Balaban J connectivity index is 1.64. The van der Waals surface area contributed by atoms with E-state index in [4.69, 9.17) is 9.47 Å². The third kappa shape index (κ3) is 4.12. The van der Waals surface area contributed by atoms with E-state index in [1.54, 1.807) is 7.11 Å². The molecular weight excluding hydrogens is 290 g/mol. The van der Waals surface area contributed by atoms with Gasteiger partial charge in [0, 0.05) is 36.4 Å². The van der Waals surface area contributed by atoms with Gasteiger partial charge in [-0.05, 0) is 44.2 Å². The summed E-state index contributed by atoms with van der Waals surface area (Å²) in [5.74, 6) is 0.861.